The molecule has 0 aromatic carbocycles. The number of aliphatic carboxylic acids is 1. The first-order valence-corrected chi connectivity index (χ1v) is 6.57. The van der Waals surface area contributed by atoms with Crippen LogP contribution < -0.4 is 0 Å². The molecule has 0 aliphatic carbocycles. The molecule has 0 spiro atoms. The molecule has 0 radical (unpaired) electrons. The summed E-state index contributed by atoms with van der Waals surface area (Å²) in [5.74, 6) is -0.661. The molecular formula is C13H24N2O3. The van der Waals surface area contributed by atoms with Gasteiger partial charge >= 0.3 is 12.0 Å². The SMILES string of the molecule is CC(C)CC(C)N(C)C(=O)N1CCC(C(=O)O)C1. The monoisotopic (exact) mass is 256 g/mol. The topological polar surface area (TPSA) is 60.9 Å². The number of carboxylic acids is 1. The van der Waals surface area contributed by atoms with E-state index in [1.54, 1.807) is 16.8 Å². The summed E-state index contributed by atoms with van der Waals surface area (Å²) < 4.78 is 0. The van der Waals surface area contributed by atoms with Gasteiger partial charge in [-0.3, -0.25) is 4.79 Å². The first-order chi connectivity index (χ1) is 8.32. The van der Waals surface area contributed by atoms with E-state index in [1.807, 2.05) is 6.92 Å². The van der Waals surface area contributed by atoms with Crippen LogP contribution in [0.1, 0.15) is 33.6 Å². The van der Waals surface area contributed by atoms with E-state index in [9.17, 15) is 9.59 Å². The van der Waals surface area contributed by atoms with E-state index in [-0.39, 0.29) is 12.1 Å². The number of carbonyl (C=O) groups excluding carboxylic acids is 1. The van der Waals surface area contributed by atoms with Crippen LogP contribution >= 0.6 is 0 Å². The fourth-order valence-electron chi connectivity index (χ4n) is 2.39. The van der Waals surface area contributed by atoms with E-state index >= 15 is 0 Å². The standard InChI is InChI=1S/C13H24N2O3/c1-9(2)7-10(3)14(4)13(18)15-6-5-11(8-15)12(16)17/h9-11H,5-8H2,1-4H3,(H,16,17). The van der Waals surface area contributed by atoms with Gasteiger partial charge in [0, 0.05) is 26.2 Å². The van der Waals surface area contributed by atoms with Crippen molar-refractivity contribution in [1.29, 1.82) is 0 Å². The highest BCUT2D eigenvalue weighted by Crippen LogP contribution is 2.19. The molecule has 5 heteroatoms. The van der Waals surface area contributed by atoms with Gasteiger partial charge in [-0.1, -0.05) is 13.8 Å². The number of hydrogen-bond donors (Lipinski definition) is 1. The van der Waals surface area contributed by atoms with Gasteiger partial charge in [-0.25, -0.2) is 4.79 Å². The third-order valence-electron chi connectivity index (χ3n) is 3.58. The van der Waals surface area contributed by atoms with Crippen molar-refractivity contribution in [2.45, 2.75) is 39.7 Å². The highest BCUT2D eigenvalue weighted by atomic mass is 16.4. The molecule has 1 saturated heterocycles. The molecule has 18 heavy (non-hydrogen) atoms. The second kappa shape index (κ2) is 6.07. The second-order valence-corrected chi connectivity index (χ2v) is 5.64. The van der Waals surface area contributed by atoms with Crippen molar-refractivity contribution in [3.05, 3.63) is 0 Å². The molecule has 1 aliphatic heterocycles. The lowest BCUT2D eigenvalue weighted by atomic mass is 10.0. The van der Waals surface area contributed by atoms with Crippen molar-refractivity contribution < 1.29 is 14.7 Å². The summed E-state index contributed by atoms with van der Waals surface area (Å²) in [5, 5.41) is 8.93. The zero-order valence-corrected chi connectivity index (χ0v) is 11.7. The summed E-state index contributed by atoms with van der Waals surface area (Å²) in [6, 6.07) is 0.133. The maximum Gasteiger partial charge on any atom is 0.320 e. The minimum absolute atomic E-state index is 0.0492. The molecule has 0 aromatic rings. The molecular weight excluding hydrogens is 232 g/mol. The minimum atomic E-state index is -0.803. The highest BCUT2D eigenvalue weighted by Gasteiger charge is 2.33. The molecule has 104 valence electrons. The zero-order chi connectivity index (χ0) is 13.9. The fourth-order valence-corrected chi connectivity index (χ4v) is 2.39. The van der Waals surface area contributed by atoms with Crippen LogP contribution in [0.15, 0.2) is 0 Å². The number of rotatable bonds is 4. The predicted octanol–water partition coefficient (Wildman–Crippen LogP) is 1.88. The van der Waals surface area contributed by atoms with E-state index in [0.717, 1.165) is 6.42 Å². The molecule has 1 heterocycles. The number of hydrogen-bond acceptors (Lipinski definition) is 2. The summed E-state index contributed by atoms with van der Waals surface area (Å²) in [7, 11) is 1.80. The van der Waals surface area contributed by atoms with Crippen LogP contribution in [0.2, 0.25) is 0 Å². The summed E-state index contributed by atoms with van der Waals surface area (Å²) in [5.41, 5.74) is 0. The molecule has 2 atom stereocenters. The maximum absolute atomic E-state index is 12.2. The van der Waals surface area contributed by atoms with E-state index in [4.69, 9.17) is 5.11 Å². The number of carbonyl (C=O) groups is 2. The van der Waals surface area contributed by atoms with Crippen LogP contribution in [0.3, 0.4) is 0 Å². The van der Waals surface area contributed by atoms with Crippen LogP contribution in [-0.4, -0.2) is 53.1 Å². The Morgan fingerprint density at radius 3 is 2.44 bits per heavy atom. The molecule has 1 aliphatic rings. The Balaban J connectivity index is 2.52. The Kier molecular flexibility index (Phi) is 4.99. The first kappa shape index (κ1) is 14.8. The van der Waals surface area contributed by atoms with Crippen LogP contribution in [-0.2, 0) is 4.79 Å². The van der Waals surface area contributed by atoms with Gasteiger partial charge in [0.15, 0.2) is 0 Å². The van der Waals surface area contributed by atoms with Crippen molar-refractivity contribution in [1.82, 2.24) is 9.80 Å². The Labute approximate surface area is 109 Å². The molecule has 1 rings (SSSR count). The van der Waals surface area contributed by atoms with Crippen LogP contribution in [0.25, 0.3) is 0 Å². The Morgan fingerprint density at radius 2 is 2.00 bits per heavy atom. The van der Waals surface area contributed by atoms with Crippen LogP contribution in [0, 0.1) is 11.8 Å². The Bertz CT molecular complexity index is 317. The lowest BCUT2D eigenvalue weighted by molar-refractivity contribution is -0.141. The molecule has 2 unspecified atom stereocenters. The predicted molar refractivity (Wildman–Crippen MR) is 69.4 cm³/mol. The molecule has 1 N–H and O–H groups in total. The van der Waals surface area contributed by atoms with Crippen molar-refractivity contribution in [2.24, 2.45) is 11.8 Å². The summed E-state index contributed by atoms with van der Waals surface area (Å²) in [6.07, 6.45) is 1.52. The summed E-state index contributed by atoms with van der Waals surface area (Å²) in [6.45, 7) is 7.18. The summed E-state index contributed by atoms with van der Waals surface area (Å²) >= 11 is 0. The van der Waals surface area contributed by atoms with Crippen molar-refractivity contribution in [3.8, 4) is 0 Å². The van der Waals surface area contributed by atoms with Gasteiger partial charge in [-0.15, -0.1) is 0 Å². The Morgan fingerprint density at radius 1 is 1.39 bits per heavy atom. The van der Waals surface area contributed by atoms with Gasteiger partial charge in [0.2, 0.25) is 0 Å². The lowest BCUT2D eigenvalue weighted by Gasteiger charge is -2.30. The first-order valence-electron chi connectivity index (χ1n) is 6.57. The van der Waals surface area contributed by atoms with Crippen molar-refractivity contribution >= 4 is 12.0 Å². The van der Waals surface area contributed by atoms with Gasteiger partial charge < -0.3 is 14.9 Å². The number of nitrogens with zero attached hydrogens (tertiary/aromatic N) is 2. The van der Waals surface area contributed by atoms with Gasteiger partial charge in [-0.2, -0.15) is 0 Å². The fraction of sp³-hybridized carbons (Fsp3) is 0.846. The van der Waals surface area contributed by atoms with Gasteiger partial charge in [0.1, 0.15) is 0 Å². The minimum Gasteiger partial charge on any atom is -0.481 e. The molecule has 0 saturated carbocycles. The van der Waals surface area contributed by atoms with Crippen LogP contribution in [0.5, 0.6) is 0 Å². The average Bonchev–Trinajstić information content (AvgIpc) is 2.75. The lowest BCUT2D eigenvalue weighted by Crippen LogP contribution is -2.44. The normalized spacial score (nSPS) is 21.2. The third-order valence-corrected chi connectivity index (χ3v) is 3.58. The zero-order valence-electron chi connectivity index (χ0n) is 11.7. The maximum atomic E-state index is 12.2. The van der Waals surface area contributed by atoms with E-state index in [1.165, 1.54) is 0 Å². The second-order valence-electron chi connectivity index (χ2n) is 5.64. The number of likely N-dealkylation sites (tertiary alicyclic amines) is 1. The largest absolute Gasteiger partial charge is 0.481 e. The molecule has 1 fully saturated rings. The Hall–Kier alpha value is -1.26. The van der Waals surface area contributed by atoms with Gasteiger partial charge in [0.25, 0.3) is 0 Å². The molecule has 2 amide bonds. The van der Waals surface area contributed by atoms with E-state index in [2.05, 4.69) is 13.8 Å². The molecule has 0 aromatic heterocycles. The number of urea groups is 1. The van der Waals surface area contributed by atoms with Gasteiger partial charge in [-0.05, 0) is 25.7 Å². The highest BCUT2D eigenvalue weighted by molar-refractivity contribution is 5.77. The van der Waals surface area contributed by atoms with E-state index < -0.39 is 11.9 Å². The van der Waals surface area contributed by atoms with Crippen molar-refractivity contribution in [2.75, 3.05) is 20.1 Å². The third kappa shape index (κ3) is 3.62. The average molecular weight is 256 g/mol. The number of amides is 2. The summed E-state index contributed by atoms with van der Waals surface area (Å²) in [4.78, 5) is 26.4. The smallest absolute Gasteiger partial charge is 0.320 e. The van der Waals surface area contributed by atoms with E-state index in [0.29, 0.717) is 25.4 Å². The molecule has 0 bridgehead atoms. The quantitative estimate of drug-likeness (QED) is 0.835. The van der Waals surface area contributed by atoms with Crippen LogP contribution in [0.4, 0.5) is 4.79 Å². The van der Waals surface area contributed by atoms with Crippen molar-refractivity contribution in [3.63, 3.8) is 0 Å². The molecule has 5 nitrogen and oxygen atoms in total. The number of carboxylic acid groups (broad SMARTS) is 1. The van der Waals surface area contributed by atoms with Gasteiger partial charge in [0.05, 0.1) is 5.92 Å².